The maximum atomic E-state index is 12.4. The van der Waals surface area contributed by atoms with Gasteiger partial charge in [-0.1, -0.05) is 60.7 Å². The molecule has 22 heavy (non-hydrogen) atoms. The van der Waals surface area contributed by atoms with Crippen molar-refractivity contribution in [2.45, 2.75) is 5.92 Å². The highest BCUT2D eigenvalue weighted by molar-refractivity contribution is 5.91. The normalized spacial score (nSPS) is 12.0. The maximum absolute atomic E-state index is 12.4. The minimum Gasteiger partial charge on any atom is -0.426 e. The summed E-state index contributed by atoms with van der Waals surface area (Å²) < 4.78 is 5.37. The number of carbonyl (C=O) groups excluding carboxylic acids is 1. The maximum Gasteiger partial charge on any atom is 0.321 e. The molecule has 0 aliphatic carbocycles. The van der Waals surface area contributed by atoms with Crippen molar-refractivity contribution in [1.82, 2.24) is 0 Å². The van der Waals surface area contributed by atoms with Gasteiger partial charge < -0.3 is 9.84 Å². The molecular formula is C19H16O3. The molecular weight excluding hydrogens is 276 g/mol. The molecule has 0 radical (unpaired) electrons. The van der Waals surface area contributed by atoms with E-state index in [2.05, 4.69) is 0 Å². The second-order valence-electron chi connectivity index (χ2n) is 5.04. The van der Waals surface area contributed by atoms with Crippen LogP contribution < -0.4 is 4.74 Å². The second-order valence-corrected chi connectivity index (χ2v) is 5.04. The third kappa shape index (κ3) is 2.85. The van der Waals surface area contributed by atoms with E-state index in [0.29, 0.717) is 5.75 Å². The number of esters is 1. The Balaban J connectivity index is 1.94. The van der Waals surface area contributed by atoms with E-state index in [1.54, 1.807) is 24.3 Å². The van der Waals surface area contributed by atoms with Crippen molar-refractivity contribution in [3.63, 3.8) is 0 Å². The van der Waals surface area contributed by atoms with E-state index in [4.69, 9.17) is 4.74 Å². The monoisotopic (exact) mass is 292 g/mol. The van der Waals surface area contributed by atoms with Crippen LogP contribution in [0, 0.1) is 0 Å². The molecule has 1 unspecified atom stereocenters. The summed E-state index contributed by atoms with van der Waals surface area (Å²) in [5, 5.41) is 11.7. The first-order chi connectivity index (χ1) is 10.8. The molecule has 3 nitrogen and oxygen atoms in total. The lowest BCUT2D eigenvalue weighted by atomic mass is 9.94. The molecule has 3 rings (SSSR count). The van der Waals surface area contributed by atoms with Gasteiger partial charge in [0.1, 0.15) is 11.7 Å². The molecule has 1 N–H and O–H groups in total. The minimum absolute atomic E-state index is 0.292. The highest BCUT2D eigenvalue weighted by atomic mass is 16.5. The van der Waals surface area contributed by atoms with Crippen LogP contribution in [0.1, 0.15) is 11.5 Å². The quantitative estimate of drug-likeness (QED) is 0.591. The Labute approximate surface area is 128 Å². The standard InChI is InChI=1S/C19H16O3/c20-13-18(19(21)22-15-9-2-1-3-10-15)17-12-6-8-14-7-4-5-11-16(14)17/h1-12,18,20H,13H2. The van der Waals surface area contributed by atoms with E-state index in [9.17, 15) is 9.90 Å². The lowest BCUT2D eigenvalue weighted by molar-refractivity contribution is -0.137. The van der Waals surface area contributed by atoms with E-state index in [0.717, 1.165) is 16.3 Å². The fraction of sp³-hybridized carbons (Fsp3) is 0.105. The highest BCUT2D eigenvalue weighted by Gasteiger charge is 2.23. The van der Waals surface area contributed by atoms with Gasteiger partial charge in [0.25, 0.3) is 0 Å². The number of benzene rings is 3. The van der Waals surface area contributed by atoms with Crippen LogP contribution in [-0.2, 0) is 4.79 Å². The first-order valence-electron chi connectivity index (χ1n) is 7.15. The number of rotatable bonds is 4. The second kappa shape index (κ2) is 6.41. The Morgan fingerprint density at radius 2 is 1.59 bits per heavy atom. The average molecular weight is 292 g/mol. The summed E-state index contributed by atoms with van der Waals surface area (Å²) in [6.45, 7) is -0.292. The molecule has 3 heteroatoms. The molecule has 0 bridgehead atoms. The van der Waals surface area contributed by atoms with Gasteiger partial charge >= 0.3 is 5.97 Å². The van der Waals surface area contributed by atoms with Crippen LogP contribution in [0.3, 0.4) is 0 Å². The van der Waals surface area contributed by atoms with Crippen LogP contribution >= 0.6 is 0 Å². The summed E-state index contributed by atoms with van der Waals surface area (Å²) in [5.41, 5.74) is 0.779. The largest absolute Gasteiger partial charge is 0.426 e. The summed E-state index contributed by atoms with van der Waals surface area (Å²) in [4.78, 5) is 12.4. The smallest absolute Gasteiger partial charge is 0.321 e. The van der Waals surface area contributed by atoms with Crippen molar-refractivity contribution >= 4 is 16.7 Å². The molecule has 110 valence electrons. The van der Waals surface area contributed by atoms with Crippen molar-refractivity contribution in [1.29, 1.82) is 0 Å². The van der Waals surface area contributed by atoms with Gasteiger partial charge in [-0.3, -0.25) is 4.79 Å². The lowest BCUT2D eigenvalue weighted by Crippen LogP contribution is -2.22. The number of carbonyl (C=O) groups is 1. The molecule has 0 heterocycles. The molecule has 0 aromatic heterocycles. The fourth-order valence-electron chi connectivity index (χ4n) is 2.53. The molecule has 0 saturated carbocycles. The van der Waals surface area contributed by atoms with Gasteiger partial charge in [-0.15, -0.1) is 0 Å². The molecule has 0 saturated heterocycles. The number of aliphatic hydroxyl groups excluding tert-OH is 1. The molecule has 0 spiro atoms. The van der Waals surface area contributed by atoms with Crippen molar-refractivity contribution in [2.24, 2.45) is 0 Å². The Hall–Kier alpha value is -2.65. The zero-order chi connectivity index (χ0) is 15.4. The van der Waals surface area contributed by atoms with Crippen LogP contribution in [0.2, 0.25) is 0 Å². The van der Waals surface area contributed by atoms with Gasteiger partial charge in [0.2, 0.25) is 0 Å². The first kappa shape index (κ1) is 14.3. The number of ether oxygens (including phenoxy) is 1. The van der Waals surface area contributed by atoms with Crippen LogP contribution in [0.25, 0.3) is 10.8 Å². The SMILES string of the molecule is O=C(Oc1ccccc1)C(CO)c1cccc2ccccc12. The van der Waals surface area contributed by atoms with Gasteiger partial charge in [-0.05, 0) is 28.5 Å². The van der Waals surface area contributed by atoms with Crippen LogP contribution in [0.15, 0.2) is 72.8 Å². The highest BCUT2D eigenvalue weighted by Crippen LogP contribution is 2.27. The molecule has 0 amide bonds. The zero-order valence-electron chi connectivity index (χ0n) is 12.0. The van der Waals surface area contributed by atoms with Crippen LogP contribution in [0.4, 0.5) is 0 Å². The molecule has 3 aromatic rings. The fourth-order valence-corrected chi connectivity index (χ4v) is 2.53. The number of hydrogen-bond donors (Lipinski definition) is 1. The first-order valence-corrected chi connectivity index (χ1v) is 7.15. The molecule has 0 aliphatic heterocycles. The van der Waals surface area contributed by atoms with E-state index in [-0.39, 0.29) is 6.61 Å². The van der Waals surface area contributed by atoms with Crippen molar-refractivity contribution < 1.29 is 14.6 Å². The topological polar surface area (TPSA) is 46.5 Å². The Bertz CT molecular complexity index is 776. The van der Waals surface area contributed by atoms with Crippen LogP contribution in [-0.4, -0.2) is 17.7 Å². The number of para-hydroxylation sites is 1. The van der Waals surface area contributed by atoms with E-state index >= 15 is 0 Å². The summed E-state index contributed by atoms with van der Waals surface area (Å²) in [6, 6.07) is 22.4. The lowest BCUT2D eigenvalue weighted by Gasteiger charge is -2.16. The minimum atomic E-state index is -0.702. The van der Waals surface area contributed by atoms with Crippen molar-refractivity contribution in [3.8, 4) is 5.75 Å². The number of aliphatic hydroxyl groups is 1. The summed E-state index contributed by atoms with van der Waals surface area (Å²) >= 11 is 0. The third-order valence-corrected chi connectivity index (χ3v) is 3.63. The van der Waals surface area contributed by atoms with Gasteiger partial charge in [0.15, 0.2) is 0 Å². The number of fused-ring (bicyclic) bond motifs is 1. The predicted octanol–water partition coefficient (Wildman–Crippen LogP) is 3.52. The average Bonchev–Trinajstić information content (AvgIpc) is 2.57. The molecule has 1 atom stereocenters. The van der Waals surface area contributed by atoms with Gasteiger partial charge in [0.05, 0.1) is 6.61 Å². The Kier molecular flexibility index (Phi) is 4.17. The zero-order valence-corrected chi connectivity index (χ0v) is 12.0. The summed E-state index contributed by atoms with van der Waals surface area (Å²) in [5.74, 6) is -0.678. The Morgan fingerprint density at radius 3 is 2.36 bits per heavy atom. The van der Waals surface area contributed by atoms with Crippen LogP contribution in [0.5, 0.6) is 5.75 Å². The van der Waals surface area contributed by atoms with Crippen molar-refractivity contribution in [2.75, 3.05) is 6.61 Å². The summed E-state index contributed by atoms with van der Waals surface area (Å²) in [6.07, 6.45) is 0. The predicted molar refractivity (Wildman–Crippen MR) is 85.9 cm³/mol. The summed E-state index contributed by atoms with van der Waals surface area (Å²) in [7, 11) is 0. The Morgan fingerprint density at radius 1 is 0.909 bits per heavy atom. The molecule has 3 aromatic carbocycles. The van der Waals surface area contributed by atoms with E-state index < -0.39 is 11.9 Å². The number of hydrogen-bond acceptors (Lipinski definition) is 3. The van der Waals surface area contributed by atoms with Gasteiger partial charge in [-0.2, -0.15) is 0 Å². The molecule has 0 fully saturated rings. The van der Waals surface area contributed by atoms with Gasteiger partial charge in [0, 0.05) is 0 Å². The van der Waals surface area contributed by atoms with Crippen molar-refractivity contribution in [3.05, 3.63) is 78.4 Å². The third-order valence-electron chi connectivity index (χ3n) is 3.63. The van der Waals surface area contributed by atoms with E-state index in [1.165, 1.54) is 0 Å². The van der Waals surface area contributed by atoms with Gasteiger partial charge in [-0.25, -0.2) is 0 Å². The van der Waals surface area contributed by atoms with E-state index in [1.807, 2.05) is 48.5 Å². The molecule has 0 aliphatic rings.